The van der Waals surface area contributed by atoms with E-state index in [-0.39, 0.29) is 23.6 Å². The van der Waals surface area contributed by atoms with Crippen LogP contribution in [0.5, 0.6) is 0 Å². The van der Waals surface area contributed by atoms with Crippen molar-refractivity contribution in [1.82, 2.24) is 10.2 Å². The first kappa shape index (κ1) is 14.9. The molecule has 102 valence electrons. The zero-order valence-corrected chi connectivity index (χ0v) is 11.9. The SMILES string of the molecule is CCCOC(=O)C[C@H]1C(=O)NCCN1C(=O)CBr. The minimum Gasteiger partial charge on any atom is -0.466 e. The van der Waals surface area contributed by atoms with E-state index in [0.29, 0.717) is 19.7 Å². The second kappa shape index (κ2) is 7.35. The molecule has 1 atom stereocenters. The summed E-state index contributed by atoms with van der Waals surface area (Å²) < 4.78 is 4.94. The first-order valence-corrected chi connectivity index (χ1v) is 7.01. The molecule has 7 heteroatoms. The molecule has 0 spiro atoms. The van der Waals surface area contributed by atoms with Gasteiger partial charge in [0.05, 0.1) is 18.4 Å². The smallest absolute Gasteiger partial charge is 0.308 e. The molecule has 0 saturated carbocycles. The lowest BCUT2D eigenvalue weighted by molar-refractivity contribution is -0.151. The molecular formula is C11H17BrN2O4. The summed E-state index contributed by atoms with van der Waals surface area (Å²) in [7, 11) is 0. The number of esters is 1. The Balaban J connectivity index is 2.64. The Labute approximate surface area is 114 Å². The van der Waals surface area contributed by atoms with Crippen LogP contribution < -0.4 is 5.32 Å². The highest BCUT2D eigenvalue weighted by molar-refractivity contribution is 9.09. The molecule has 0 unspecified atom stereocenters. The lowest BCUT2D eigenvalue weighted by Crippen LogP contribution is -2.58. The quantitative estimate of drug-likeness (QED) is 0.574. The molecule has 0 aliphatic carbocycles. The number of carbonyl (C=O) groups excluding carboxylic acids is 3. The van der Waals surface area contributed by atoms with E-state index in [4.69, 9.17) is 4.74 Å². The van der Waals surface area contributed by atoms with E-state index in [0.717, 1.165) is 6.42 Å². The van der Waals surface area contributed by atoms with Gasteiger partial charge in [0.25, 0.3) is 0 Å². The van der Waals surface area contributed by atoms with Gasteiger partial charge in [0.15, 0.2) is 0 Å². The molecule has 2 amide bonds. The van der Waals surface area contributed by atoms with Gasteiger partial charge in [-0.25, -0.2) is 0 Å². The fourth-order valence-electron chi connectivity index (χ4n) is 1.73. The minimum atomic E-state index is -0.756. The molecule has 0 radical (unpaired) electrons. The number of alkyl halides is 1. The third-order valence-corrected chi connectivity index (χ3v) is 3.07. The van der Waals surface area contributed by atoms with Crippen molar-refractivity contribution in [3.05, 3.63) is 0 Å². The van der Waals surface area contributed by atoms with Crippen molar-refractivity contribution in [2.45, 2.75) is 25.8 Å². The maximum atomic E-state index is 11.7. The first-order chi connectivity index (χ1) is 8.60. The molecule has 18 heavy (non-hydrogen) atoms. The highest BCUT2D eigenvalue weighted by Crippen LogP contribution is 2.11. The zero-order valence-electron chi connectivity index (χ0n) is 10.3. The maximum Gasteiger partial charge on any atom is 0.308 e. The van der Waals surface area contributed by atoms with Crippen LogP contribution in [-0.4, -0.2) is 53.8 Å². The van der Waals surface area contributed by atoms with E-state index in [1.807, 2.05) is 6.92 Å². The number of nitrogens with zero attached hydrogens (tertiary/aromatic N) is 1. The van der Waals surface area contributed by atoms with Crippen LogP contribution in [0.1, 0.15) is 19.8 Å². The van der Waals surface area contributed by atoms with Crippen molar-refractivity contribution in [3.8, 4) is 0 Å². The molecule has 1 heterocycles. The number of nitrogens with one attached hydrogen (secondary N) is 1. The molecule has 0 aromatic heterocycles. The van der Waals surface area contributed by atoms with Crippen LogP contribution in [0.15, 0.2) is 0 Å². The Bertz CT molecular complexity index is 335. The van der Waals surface area contributed by atoms with Crippen LogP contribution in [0.4, 0.5) is 0 Å². The predicted octanol–water partition coefficient (Wildman–Crippen LogP) is 0.0516. The van der Waals surface area contributed by atoms with Gasteiger partial charge >= 0.3 is 5.97 Å². The summed E-state index contributed by atoms with van der Waals surface area (Å²) >= 11 is 3.07. The van der Waals surface area contributed by atoms with Crippen molar-refractivity contribution in [2.75, 3.05) is 25.0 Å². The Morgan fingerprint density at radius 2 is 2.28 bits per heavy atom. The van der Waals surface area contributed by atoms with E-state index < -0.39 is 12.0 Å². The van der Waals surface area contributed by atoms with Crippen LogP contribution in [0.3, 0.4) is 0 Å². The van der Waals surface area contributed by atoms with Crippen LogP contribution in [-0.2, 0) is 19.1 Å². The Kier molecular flexibility index (Phi) is 6.11. The molecule has 0 aromatic rings. The molecule has 0 bridgehead atoms. The summed E-state index contributed by atoms with van der Waals surface area (Å²) in [6.07, 6.45) is 0.636. The van der Waals surface area contributed by atoms with E-state index in [1.165, 1.54) is 4.90 Å². The summed E-state index contributed by atoms with van der Waals surface area (Å²) in [5.74, 6) is -0.951. The van der Waals surface area contributed by atoms with Crippen molar-refractivity contribution in [1.29, 1.82) is 0 Å². The number of piperazine rings is 1. The average Bonchev–Trinajstić information content (AvgIpc) is 2.37. The summed E-state index contributed by atoms with van der Waals surface area (Å²) in [6, 6.07) is -0.756. The number of halogens is 1. The molecule has 1 aliphatic rings. The fourth-order valence-corrected chi connectivity index (χ4v) is 2.05. The van der Waals surface area contributed by atoms with Crippen LogP contribution in [0.25, 0.3) is 0 Å². The number of hydrogen-bond acceptors (Lipinski definition) is 4. The molecular weight excluding hydrogens is 304 g/mol. The Hall–Kier alpha value is -1.11. The Morgan fingerprint density at radius 1 is 1.56 bits per heavy atom. The lowest BCUT2D eigenvalue weighted by atomic mass is 10.1. The molecule has 1 aliphatic heterocycles. The molecule has 1 fully saturated rings. The van der Waals surface area contributed by atoms with Crippen LogP contribution in [0, 0.1) is 0 Å². The fraction of sp³-hybridized carbons (Fsp3) is 0.727. The number of hydrogen-bond donors (Lipinski definition) is 1. The van der Waals surface area contributed by atoms with Gasteiger partial charge in [-0.2, -0.15) is 0 Å². The third-order valence-electron chi connectivity index (χ3n) is 2.59. The monoisotopic (exact) mass is 320 g/mol. The van der Waals surface area contributed by atoms with E-state index in [1.54, 1.807) is 0 Å². The topological polar surface area (TPSA) is 75.7 Å². The van der Waals surface area contributed by atoms with Crippen molar-refractivity contribution < 1.29 is 19.1 Å². The highest BCUT2D eigenvalue weighted by Gasteiger charge is 2.34. The van der Waals surface area contributed by atoms with Gasteiger partial charge in [0, 0.05) is 13.1 Å². The van der Waals surface area contributed by atoms with Gasteiger partial charge in [-0.1, -0.05) is 22.9 Å². The lowest BCUT2D eigenvalue weighted by Gasteiger charge is -2.34. The second-order valence-electron chi connectivity index (χ2n) is 3.95. The minimum absolute atomic E-state index is 0.0927. The van der Waals surface area contributed by atoms with Crippen molar-refractivity contribution in [3.63, 3.8) is 0 Å². The van der Waals surface area contributed by atoms with E-state index in [9.17, 15) is 14.4 Å². The Morgan fingerprint density at radius 3 is 2.89 bits per heavy atom. The van der Waals surface area contributed by atoms with Gasteiger partial charge in [0.1, 0.15) is 6.04 Å². The molecule has 6 nitrogen and oxygen atoms in total. The van der Waals surface area contributed by atoms with Gasteiger partial charge in [0.2, 0.25) is 11.8 Å². The summed E-state index contributed by atoms with van der Waals surface area (Å²) in [5, 5.41) is 2.79. The van der Waals surface area contributed by atoms with Crippen LogP contribution in [0.2, 0.25) is 0 Å². The first-order valence-electron chi connectivity index (χ1n) is 5.89. The zero-order chi connectivity index (χ0) is 13.5. The van der Waals surface area contributed by atoms with Crippen molar-refractivity contribution in [2.24, 2.45) is 0 Å². The number of amides is 2. The largest absolute Gasteiger partial charge is 0.466 e. The van der Waals surface area contributed by atoms with Gasteiger partial charge in [-0.05, 0) is 6.42 Å². The summed E-state index contributed by atoms with van der Waals surface area (Å²) in [4.78, 5) is 36.3. The van der Waals surface area contributed by atoms with Crippen LogP contribution >= 0.6 is 15.9 Å². The van der Waals surface area contributed by atoms with E-state index >= 15 is 0 Å². The van der Waals surface area contributed by atoms with Gasteiger partial charge < -0.3 is 15.0 Å². The van der Waals surface area contributed by atoms with E-state index in [2.05, 4.69) is 21.2 Å². The number of rotatable bonds is 5. The standard InChI is InChI=1S/C11H17BrN2O4/c1-2-5-18-10(16)6-8-11(17)13-3-4-14(8)9(15)7-12/h8H,2-7H2,1H3,(H,13,17)/t8-/m0/s1. The van der Waals surface area contributed by atoms with Crippen molar-refractivity contribution >= 4 is 33.7 Å². The summed E-state index contributed by atoms with van der Waals surface area (Å²) in [5.41, 5.74) is 0. The third kappa shape index (κ3) is 3.97. The molecule has 1 N–H and O–H groups in total. The normalized spacial score (nSPS) is 19.3. The summed E-state index contributed by atoms with van der Waals surface area (Å²) in [6.45, 7) is 3.06. The average molecular weight is 321 g/mol. The number of ether oxygens (including phenoxy) is 1. The molecule has 1 rings (SSSR count). The highest BCUT2D eigenvalue weighted by atomic mass is 79.9. The van der Waals surface area contributed by atoms with Gasteiger partial charge in [-0.15, -0.1) is 0 Å². The second-order valence-corrected chi connectivity index (χ2v) is 4.51. The maximum absolute atomic E-state index is 11.7. The number of carbonyl (C=O) groups is 3. The molecule has 1 saturated heterocycles. The predicted molar refractivity (Wildman–Crippen MR) is 68.2 cm³/mol. The molecule has 0 aromatic carbocycles. The van der Waals surface area contributed by atoms with Gasteiger partial charge in [-0.3, -0.25) is 14.4 Å².